The van der Waals surface area contributed by atoms with Crippen LogP contribution < -0.4 is 5.32 Å². The van der Waals surface area contributed by atoms with Crippen LogP contribution in [0.4, 0.5) is 5.69 Å². The summed E-state index contributed by atoms with van der Waals surface area (Å²) < 4.78 is 0. The Bertz CT molecular complexity index is 374. The zero-order valence-electron chi connectivity index (χ0n) is 7.59. The molecule has 3 nitrogen and oxygen atoms in total. The predicted octanol–water partition coefficient (Wildman–Crippen LogP) is 1.41. The van der Waals surface area contributed by atoms with Gasteiger partial charge in [0.1, 0.15) is 0 Å². The molecule has 0 radical (unpaired) electrons. The lowest BCUT2D eigenvalue weighted by Gasteiger charge is -2.02. The molecule has 1 amide bonds. The second-order valence-corrected chi connectivity index (χ2v) is 2.48. The molecule has 1 N–H and O–H groups in total. The Kier molecular flexibility index (Phi) is 3.04. The van der Waals surface area contributed by atoms with E-state index in [1.54, 1.807) is 25.4 Å². The summed E-state index contributed by atoms with van der Waals surface area (Å²) in [6, 6.07) is 1.72. The van der Waals surface area contributed by atoms with Gasteiger partial charge < -0.3 is 5.32 Å². The first-order valence-corrected chi connectivity index (χ1v) is 3.88. The molecule has 0 unspecified atom stereocenters. The van der Waals surface area contributed by atoms with Gasteiger partial charge in [-0.25, -0.2) is 0 Å². The highest BCUT2D eigenvalue weighted by molar-refractivity contribution is 5.90. The fraction of sp³-hybridized carbons (Fsp3) is 0.200. The van der Waals surface area contributed by atoms with E-state index in [9.17, 15) is 4.79 Å². The fourth-order valence-corrected chi connectivity index (χ4v) is 0.927. The molecule has 0 aliphatic rings. The minimum Gasteiger partial charge on any atom is -0.325 e. The van der Waals surface area contributed by atoms with Gasteiger partial charge in [-0.05, 0) is 13.0 Å². The third-order valence-corrected chi connectivity index (χ3v) is 1.39. The third kappa shape index (κ3) is 2.60. The topological polar surface area (TPSA) is 42.0 Å². The number of carbonyl (C=O) groups excluding carboxylic acids is 1. The van der Waals surface area contributed by atoms with Crippen molar-refractivity contribution in [3.05, 3.63) is 24.0 Å². The summed E-state index contributed by atoms with van der Waals surface area (Å²) in [6.45, 7) is 3.20. The molecule has 13 heavy (non-hydrogen) atoms. The molecule has 0 aromatic carbocycles. The molecule has 0 aliphatic heterocycles. The van der Waals surface area contributed by atoms with Crippen molar-refractivity contribution in [3.63, 3.8) is 0 Å². The Labute approximate surface area is 77.2 Å². The van der Waals surface area contributed by atoms with Gasteiger partial charge in [-0.15, -0.1) is 5.92 Å². The number of pyridine rings is 1. The number of carbonyl (C=O) groups is 1. The second kappa shape index (κ2) is 4.27. The molecule has 0 fully saturated rings. The van der Waals surface area contributed by atoms with E-state index >= 15 is 0 Å². The molecule has 1 heterocycles. The van der Waals surface area contributed by atoms with Crippen LogP contribution in [-0.4, -0.2) is 10.9 Å². The smallest absolute Gasteiger partial charge is 0.221 e. The van der Waals surface area contributed by atoms with E-state index in [1.807, 2.05) is 0 Å². The summed E-state index contributed by atoms with van der Waals surface area (Å²) >= 11 is 0. The molecule has 1 rings (SSSR count). The third-order valence-electron chi connectivity index (χ3n) is 1.39. The molecule has 1 aromatic rings. The maximum atomic E-state index is 10.8. The van der Waals surface area contributed by atoms with Crippen molar-refractivity contribution in [2.75, 3.05) is 5.32 Å². The number of rotatable bonds is 1. The molecule has 0 spiro atoms. The van der Waals surface area contributed by atoms with Gasteiger partial charge >= 0.3 is 0 Å². The number of nitrogens with one attached hydrogen (secondary N) is 1. The maximum Gasteiger partial charge on any atom is 0.221 e. The number of anilines is 1. The van der Waals surface area contributed by atoms with Gasteiger partial charge in [0.15, 0.2) is 0 Å². The molecule has 0 aliphatic carbocycles. The lowest BCUT2D eigenvalue weighted by Crippen LogP contribution is -2.07. The highest BCUT2D eigenvalue weighted by Crippen LogP contribution is 2.11. The number of nitrogens with zero attached hydrogens (tertiary/aromatic N) is 1. The first kappa shape index (κ1) is 9.27. The summed E-state index contributed by atoms with van der Waals surface area (Å²) in [6.07, 6.45) is 3.24. The highest BCUT2D eigenvalue weighted by atomic mass is 16.1. The molecule has 66 valence electrons. The first-order chi connectivity index (χ1) is 6.24. The van der Waals surface area contributed by atoms with E-state index in [2.05, 4.69) is 22.1 Å². The van der Waals surface area contributed by atoms with Gasteiger partial charge in [-0.2, -0.15) is 0 Å². The Morgan fingerprint density at radius 1 is 1.62 bits per heavy atom. The van der Waals surface area contributed by atoms with Crippen molar-refractivity contribution < 1.29 is 4.79 Å². The van der Waals surface area contributed by atoms with Crippen LogP contribution in [0.5, 0.6) is 0 Å². The van der Waals surface area contributed by atoms with Crippen molar-refractivity contribution >= 4 is 11.6 Å². The zero-order chi connectivity index (χ0) is 9.68. The number of amides is 1. The quantitative estimate of drug-likeness (QED) is 0.654. The van der Waals surface area contributed by atoms with Crippen molar-refractivity contribution in [1.29, 1.82) is 0 Å². The van der Waals surface area contributed by atoms with E-state index in [-0.39, 0.29) is 5.91 Å². The molecule has 0 saturated carbocycles. The normalized spacial score (nSPS) is 8.46. The lowest BCUT2D eigenvalue weighted by molar-refractivity contribution is -0.114. The largest absolute Gasteiger partial charge is 0.325 e. The average molecular weight is 174 g/mol. The van der Waals surface area contributed by atoms with Gasteiger partial charge in [0.25, 0.3) is 0 Å². The maximum absolute atomic E-state index is 10.8. The Morgan fingerprint density at radius 3 is 3.00 bits per heavy atom. The van der Waals surface area contributed by atoms with E-state index in [0.29, 0.717) is 5.69 Å². The van der Waals surface area contributed by atoms with Crippen molar-refractivity contribution in [2.45, 2.75) is 13.8 Å². The number of hydrogen-bond donors (Lipinski definition) is 1. The van der Waals surface area contributed by atoms with Gasteiger partial charge in [0.05, 0.1) is 11.3 Å². The standard InChI is InChI=1S/C10H10N2O/c1-3-4-9-7-11-6-5-10(9)12-8(2)13/h5-7H,1-2H3,(H,11,12,13). The Hall–Kier alpha value is -1.82. The summed E-state index contributed by atoms with van der Waals surface area (Å²) in [5, 5.41) is 2.68. The average Bonchev–Trinajstić information content (AvgIpc) is 2.08. The highest BCUT2D eigenvalue weighted by Gasteiger charge is 1.99. The SMILES string of the molecule is CC#Cc1cnccc1NC(C)=O. The second-order valence-electron chi connectivity index (χ2n) is 2.48. The minimum absolute atomic E-state index is 0.106. The van der Waals surface area contributed by atoms with Crippen molar-refractivity contribution in [1.82, 2.24) is 4.98 Å². The molecular weight excluding hydrogens is 164 g/mol. The van der Waals surface area contributed by atoms with Gasteiger partial charge in [-0.3, -0.25) is 9.78 Å². The van der Waals surface area contributed by atoms with Crippen molar-refractivity contribution in [2.24, 2.45) is 0 Å². The lowest BCUT2D eigenvalue weighted by atomic mass is 10.2. The van der Waals surface area contributed by atoms with E-state index in [4.69, 9.17) is 0 Å². The van der Waals surface area contributed by atoms with Crippen LogP contribution in [0.25, 0.3) is 0 Å². The van der Waals surface area contributed by atoms with Crippen LogP contribution in [0.2, 0.25) is 0 Å². The Morgan fingerprint density at radius 2 is 2.38 bits per heavy atom. The van der Waals surface area contributed by atoms with Crippen LogP contribution >= 0.6 is 0 Å². The van der Waals surface area contributed by atoms with Crippen LogP contribution in [-0.2, 0) is 4.79 Å². The molecular formula is C10H10N2O. The molecule has 3 heteroatoms. The molecule has 0 saturated heterocycles. The van der Waals surface area contributed by atoms with E-state index < -0.39 is 0 Å². The molecule has 0 atom stereocenters. The van der Waals surface area contributed by atoms with E-state index in [1.165, 1.54) is 6.92 Å². The monoisotopic (exact) mass is 174 g/mol. The molecule has 1 aromatic heterocycles. The van der Waals surface area contributed by atoms with Crippen LogP contribution in [0.15, 0.2) is 18.5 Å². The zero-order valence-corrected chi connectivity index (χ0v) is 7.59. The molecule has 0 bridgehead atoms. The van der Waals surface area contributed by atoms with Crippen LogP contribution in [0.3, 0.4) is 0 Å². The Balaban J connectivity index is 3.02. The fourth-order valence-electron chi connectivity index (χ4n) is 0.927. The van der Waals surface area contributed by atoms with Gasteiger partial charge in [0, 0.05) is 19.3 Å². The number of hydrogen-bond acceptors (Lipinski definition) is 2. The summed E-state index contributed by atoms with van der Waals surface area (Å²) in [5.74, 6) is 5.50. The van der Waals surface area contributed by atoms with E-state index in [0.717, 1.165) is 5.56 Å². The summed E-state index contributed by atoms with van der Waals surface area (Å²) in [7, 11) is 0. The number of aromatic nitrogens is 1. The van der Waals surface area contributed by atoms with Gasteiger partial charge in [0.2, 0.25) is 5.91 Å². The minimum atomic E-state index is -0.106. The van der Waals surface area contributed by atoms with Crippen LogP contribution in [0, 0.1) is 11.8 Å². The predicted molar refractivity (Wildman–Crippen MR) is 51.1 cm³/mol. The first-order valence-electron chi connectivity index (χ1n) is 3.88. The summed E-state index contributed by atoms with van der Waals surface area (Å²) in [5.41, 5.74) is 1.44. The summed E-state index contributed by atoms with van der Waals surface area (Å²) in [4.78, 5) is 14.7. The van der Waals surface area contributed by atoms with Crippen LogP contribution in [0.1, 0.15) is 19.4 Å². The van der Waals surface area contributed by atoms with Crippen molar-refractivity contribution in [3.8, 4) is 11.8 Å². The van der Waals surface area contributed by atoms with Gasteiger partial charge in [-0.1, -0.05) is 5.92 Å².